The number of pyridine rings is 1. The van der Waals surface area contributed by atoms with E-state index >= 15 is 0 Å². The van der Waals surface area contributed by atoms with Gasteiger partial charge in [0.2, 0.25) is 5.91 Å². The molecule has 0 aliphatic carbocycles. The van der Waals surface area contributed by atoms with Crippen LogP contribution in [0, 0.1) is 0 Å². The number of fused-ring (bicyclic) bond motifs is 1. The largest absolute Gasteiger partial charge is 0.463 e. The molecule has 1 aromatic heterocycles. The quantitative estimate of drug-likeness (QED) is 0.442. The molecule has 2 aromatic carbocycles. The monoisotopic (exact) mass is 487 g/mol. The van der Waals surface area contributed by atoms with E-state index in [-0.39, 0.29) is 47.6 Å². The van der Waals surface area contributed by atoms with Gasteiger partial charge in [-0.05, 0) is 48.5 Å². The number of H-pyrrole nitrogens is 1. The summed E-state index contributed by atoms with van der Waals surface area (Å²) in [6, 6.07) is 11.0. The van der Waals surface area contributed by atoms with Gasteiger partial charge in [-0.1, -0.05) is 30.3 Å². The van der Waals surface area contributed by atoms with E-state index in [9.17, 15) is 27.6 Å². The molecule has 0 spiro atoms. The SMILES string of the molecule is NCCCC(=O)OC[C@H]1C[C@H](c2ccc3cc(-c4ccccc4C(F)(F)F)[nH]c(=O)c3c2)C(=O)N1. The maximum atomic E-state index is 13.4. The van der Waals surface area contributed by atoms with E-state index in [0.717, 1.165) is 6.07 Å². The number of aromatic nitrogens is 1. The summed E-state index contributed by atoms with van der Waals surface area (Å²) in [5.41, 5.74) is 4.50. The summed E-state index contributed by atoms with van der Waals surface area (Å²) < 4.78 is 45.5. The van der Waals surface area contributed by atoms with Crippen molar-refractivity contribution in [3.8, 4) is 11.3 Å². The van der Waals surface area contributed by atoms with Crippen LogP contribution in [0.4, 0.5) is 13.2 Å². The fourth-order valence-corrected chi connectivity index (χ4v) is 4.27. The van der Waals surface area contributed by atoms with Gasteiger partial charge in [-0.15, -0.1) is 0 Å². The lowest BCUT2D eigenvalue weighted by Gasteiger charge is -2.14. The number of nitrogens with two attached hydrogens (primary N) is 1. The number of rotatable bonds is 7. The Balaban J connectivity index is 1.57. The van der Waals surface area contributed by atoms with Crippen LogP contribution in [0.5, 0.6) is 0 Å². The first-order chi connectivity index (χ1) is 16.7. The molecule has 7 nitrogen and oxygen atoms in total. The van der Waals surface area contributed by atoms with Crippen molar-refractivity contribution in [3.05, 3.63) is 70.0 Å². The topological polar surface area (TPSA) is 114 Å². The average molecular weight is 487 g/mol. The predicted octanol–water partition coefficient (Wildman–Crippen LogP) is 3.47. The number of nitrogens with one attached hydrogen (secondary N) is 2. The van der Waals surface area contributed by atoms with Crippen LogP contribution in [0.1, 0.15) is 36.3 Å². The number of hydrogen-bond donors (Lipinski definition) is 3. The summed E-state index contributed by atoms with van der Waals surface area (Å²) >= 11 is 0. The third-order valence-corrected chi connectivity index (χ3v) is 6.01. The van der Waals surface area contributed by atoms with E-state index in [1.54, 1.807) is 18.2 Å². The molecule has 1 amide bonds. The van der Waals surface area contributed by atoms with Gasteiger partial charge in [0.25, 0.3) is 5.56 Å². The first kappa shape index (κ1) is 24.5. The number of benzene rings is 2. The lowest BCUT2D eigenvalue weighted by molar-refractivity contribution is -0.144. The van der Waals surface area contributed by atoms with Gasteiger partial charge < -0.3 is 20.8 Å². The second kappa shape index (κ2) is 9.91. The van der Waals surface area contributed by atoms with Gasteiger partial charge in [0.15, 0.2) is 0 Å². The minimum Gasteiger partial charge on any atom is -0.463 e. The maximum Gasteiger partial charge on any atom is 0.417 e. The highest BCUT2D eigenvalue weighted by Gasteiger charge is 2.35. The van der Waals surface area contributed by atoms with Crippen molar-refractivity contribution in [1.29, 1.82) is 0 Å². The third kappa shape index (κ3) is 5.37. The summed E-state index contributed by atoms with van der Waals surface area (Å²) in [5.74, 6) is -1.18. The number of carbonyl (C=O) groups is 2. The molecule has 1 aliphatic rings. The summed E-state index contributed by atoms with van der Waals surface area (Å²) in [4.78, 5) is 39.6. The molecule has 2 atom stereocenters. The van der Waals surface area contributed by atoms with Crippen molar-refractivity contribution < 1.29 is 27.5 Å². The molecule has 1 saturated heterocycles. The van der Waals surface area contributed by atoms with Crippen molar-refractivity contribution >= 4 is 22.6 Å². The van der Waals surface area contributed by atoms with E-state index in [0.29, 0.717) is 30.3 Å². The van der Waals surface area contributed by atoms with Crippen LogP contribution in [0.15, 0.2) is 53.3 Å². The molecular formula is C25H24F3N3O4. The molecule has 0 saturated carbocycles. The lowest BCUT2D eigenvalue weighted by Crippen LogP contribution is -2.31. The molecule has 1 fully saturated rings. The van der Waals surface area contributed by atoms with Gasteiger partial charge in [0.1, 0.15) is 6.61 Å². The molecule has 0 bridgehead atoms. The molecule has 0 unspecified atom stereocenters. The number of hydrogen-bond acceptors (Lipinski definition) is 5. The molecule has 4 rings (SSSR count). The minimum atomic E-state index is -4.57. The highest BCUT2D eigenvalue weighted by molar-refractivity contribution is 5.90. The van der Waals surface area contributed by atoms with Gasteiger partial charge in [0, 0.05) is 23.1 Å². The van der Waals surface area contributed by atoms with E-state index in [1.807, 2.05) is 0 Å². The van der Waals surface area contributed by atoms with Gasteiger partial charge in [-0.2, -0.15) is 13.2 Å². The van der Waals surface area contributed by atoms with Crippen LogP contribution in [0.25, 0.3) is 22.0 Å². The highest BCUT2D eigenvalue weighted by Crippen LogP contribution is 2.37. The van der Waals surface area contributed by atoms with Crippen LogP contribution < -0.4 is 16.6 Å². The molecule has 0 radical (unpaired) electrons. The van der Waals surface area contributed by atoms with Crippen LogP contribution in [-0.4, -0.2) is 36.1 Å². The second-order valence-corrected chi connectivity index (χ2v) is 8.47. The maximum absolute atomic E-state index is 13.4. The second-order valence-electron chi connectivity index (χ2n) is 8.47. The number of carbonyl (C=O) groups excluding carboxylic acids is 2. The standard InChI is InChI=1S/C25H24F3N3O4/c26-25(27,28)20-5-2-1-4-17(20)21-11-15-8-7-14(10-18(15)24(34)31-21)19-12-16(30-23(19)33)13-35-22(32)6-3-9-29/h1-2,4-5,7-8,10-11,16,19H,3,6,9,12-13,29H2,(H,30,33)(H,31,34)/t16-,19-/m1/s1. The van der Waals surface area contributed by atoms with Gasteiger partial charge >= 0.3 is 12.1 Å². The third-order valence-electron chi connectivity index (χ3n) is 6.01. The van der Waals surface area contributed by atoms with Gasteiger partial charge in [-0.25, -0.2) is 0 Å². The highest BCUT2D eigenvalue weighted by atomic mass is 19.4. The molecule has 1 aliphatic heterocycles. The Bertz CT molecular complexity index is 1320. The fraction of sp³-hybridized carbons (Fsp3) is 0.320. The van der Waals surface area contributed by atoms with Crippen molar-refractivity contribution in [2.45, 2.75) is 37.4 Å². The van der Waals surface area contributed by atoms with Gasteiger partial charge in [-0.3, -0.25) is 14.4 Å². The van der Waals surface area contributed by atoms with Crippen LogP contribution in [0.2, 0.25) is 0 Å². The number of alkyl halides is 3. The van der Waals surface area contributed by atoms with Crippen LogP contribution >= 0.6 is 0 Å². The summed E-state index contributed by atoms with van der Waals surface area (Å²) in [6.07, 6.45) is -3.46. The molecule has 35 heavy (non-hydrogen) atoms. The first-order valence-electron chi connectivity index (χ1n) is 11.2. The molecular weight excluding hydrogens is 463 g/mol. The minimum absolute atomic E-state index is 0.0434. The van der Waals surface area contributed by atoms with Crippen LogP contribution in [0.3, 0.4) is 0 Å². The normalized spacial score (nSPS) is 18.0. The Labute approximate surface area is 198 Å². The summed E-state index contributed by atoms with van der Waals surface area (Å²) in [7, 11) is 0. The lowest BCUT2D eigenvalue weighted by atomic mass is 9.93. The Hall–Kier alpha value is -3.66. The van der Waals surface area contributed by atoms with E-state index in [1.165, 1.54) is 24.3 Å². The van der Waals surface area contributed by atoms with Crippen molar-refractivity contribution in [2.75, 3.05) is 13.2 Å². The molecule has 2 heterocycles. The Morgan fingerprint density at radius 3 is 2.63 bits per heavy atom. The van der Waals surface area contributed by atoms with E-state index in [4.69, 9.17) is 10.5 Å². The van der Waals surface area contributed by atoms with E-state index < -0.39 is 23.2 Å². The van der Waals surface area contributed by atoms with Crippen molar-refractivity contribution in [3.63, 3.8) is 0 Å². The summed E-state index contributed by atoms with van der Waals surface area (Å²) in [6.45, 7) is 0.427. The average Bonchev–Trinajstić information content (AvgIpc) is 3.21. The number of halogens is 3. The van der Waals surface area contributed by atoms with E-state index in [2.05, 4.69) is 10.3 Å². The number of ether oxygens (including phenoxy) is 1. The van der Waals surface area contributed by atoms with Crippen molar-refractivity contribution in [2.24, 2.45) is 5.73 Å². The number of aromatic amines is 1. The van der Waals surface area contributed by atoms with Crippen LogP contribution in [-0.2, 0) is 20.5 Å². The first-order valence-corrected chi connectivity index (χ1v) is 11.2. The predicted molar refractivity (Wildman–Crippen MR) is 124 cm³/mol. The van der Waals surface area contributed by atoms with Gasteiger partial charge in [0.05, 0.1) is 17.5 Å². The smallest absolute Gasteiger partial charge is 0.417 e. The van der Waals surface area contributed by atoms with Crippen molar-refractivity contribution in [1.82, 2.24) is 10.3 Å². The summed E-state index contributed by atoms with van der Waals surface area (Å²) in [5, 5.41) is 3.51. The zero-order chi connectivity index (χ0) is 25.2. The zero-order valence-corrected chi connectivity index (χ0v) is 18.7. The molecule has 10 heteroatoms. The number of esters is 1. The molecule has 184 valence electrons. The molecule has 4 N–H and O–H groups in total. The zero-order valence-electron chi connectivity index (χ0n) is 18.7. The number of amides is 1. The Morgan fingerprint density at radius 1 is 1.11 bits per heavy atom. The molecule has 3 aromatic rings. The Kier molecular flexibility index (Phi) is 6.93. The Morgan fingerprint density at radius 2 is 1.89 bits per heavy atom. The fourth-order valence-electron chi connectivity index (χ4n) is 4.27.